The maximum Gasteiger partial charge on any atom is 0.338 e. The van der Waals surface area contributed by atoms with Crippen LogP contribution < -0.4 is 0 Å². The zero-order valence-electron chi connectivity index (χ0n) is 10.6. The van der Waals surface area contributed by atoms with Crippen molar-refractivity contribution in [1.29, 1.82) is 0 Å². The molecule has 19 heavy (non-hydrogen) atoms. The molecule has 1 aliphatic heterocycles. The van der Waals surface area contributed by atoms with Crippen molar-refractivity contribution in [3.63, 3.8) is 0 Å². The van der Waals surface area contributed by atoms with Gasteiger partial charge in [-0.25, -0.2) is 14.8 Å². The molecular weight excluding hydrogens is 246 g/mol. The fourth-order valence-electron chi connectivity index (χ4n) is 2.65. The number of fused-ring (bicyclic) bond motifs is 1. The van der Waals surface area contributed by atoms with Crippen LogP contribution in [0.4, 0.5) is 0 Å². The van der Waals surface area contributed by atoms with Crippen molar-refractivity contribution in [3.05, 3.63) is 23.7 Å². The van der Waals surface area contributed by atoms with Crippen molar-refractivity contribution in [1.82, 2.24) is 15.0 Å². The van der Waals surface area contributed by atoms with Crippen LogP contribution in [0.5, 0.6) is 0 Å². The van der Waals surface area contributed by atoms with Crippen LogP contribution in [0, 0.1) is 0 Å². The second kappa shape index (κ2) is 4.62. The number of carboxylic acid groups (broad SMARTS) is 1. The van der Waals surface area contributed by atoms with E-state index in [2.05, 4.69) is 21.9 Å². The van der Waals surface area contributed by atoms with Crippen LogP contribution in [-0.2, 0) is 4.74 Å². The quantitative estimate of drug-likeness (QED) is 0.881. The standard InChI is InChI=1S/C13H15N3O3/c1-2-9-7(4-6-19-9)11-15-10-8(13(17)18)3-5-14-12(10)16-11/h3,5,7,9H,2,4,6H2,1H3,(H,17,18)(H,14,15,16). The van der Waals surface area contributed by atoms with Crippen molar-refractivity contribution in [2.75, 3.05) is 6.61 Å². The number of H-pyrrole nitrogens is 1. The number of pyridine rings is 1. The number of aromatic carboxylic acids is 1. The largest absolute Gasteiger partial charge is 0.478 e. The predicted molar refractivity (Wildman–Crippen MR) is 68.2 cm³/mol. The van der Waals surface area contributed by atoms with Crippen molar-refractivity contribution in [2.24, 2.45) is 0 Å². The van der Waals surface area contributed by atoms with Gasteiger partial charge in [-0.15, -0.1) is 0 Å². The number of hydrogen-bond acceptors (Lipinski definition) is 4. The van der Waals surface area contributed by atoms with Crippen LogP contribution in [0.1, 0.15) is 41.9 Å². The molecule has 1 aliphatic rings. The number of aromatic amines is 1. The molecule has 1 fully saturated rings. The molecule has 0 amide bonds. The Morgan fingerprint density at radius 3 is 3.21 bits per heavy atom. The minimum atomic E-state index is -0.975. The van der Waals surface area contributed by atoms with E-state index < -0.39 is 5.97 Å². The average Bonchev–Trinajstić information content (AvgIpc) is 3.03. The van der Waals surface area contributed by atoms with Crippen LogP contribution in [0.25, 0.3) is 11.2 Å². The topological polar surface area (TPSA) is 88.1 Å². The van der Waals surface area contributed by atoms with Crippen LogP contribution in [-0.4, -0.2) is 38.7 Å². The van der Waals surface area contributed by atoms with Gasteiger partial charge in [0.05, 0.1) is 17.2 Å². The first-order valence-corrected chi connectivity index (χ1v) is 6.40. The Labute approximate surface area is 109 Å². The highest BCUT2D eigenvalue weighted by Crippen LogP contribution is 2.32. The summed E-state index contributed by atoms with van der Waals surface area (Å²) in [6, 6.07) is 1.48. The molecule has 2 unspecified atom stereocenters. The zero-order valence-corrected chi connectivity index (χ0v) is 10.6. The molecule has 3 rings (SSSR count). The Bertz CT molecular complexity index is 623. The first-order valence-electron chi connectivity index (χ1n) is 6.40. The molecule has 0 aromatic carbocycles. The smallest absolute Gasteiger partial charge is 0.338 e. The summed E-state index contributed by atoms with van der Waals surface area (Å²) >= 11 is 0. The number of aromatic nitrogens is 3. The van der Waals surface area contributed by atoms with Crippen LogP contribution in [0.3, 0.4) is 0 Å². The van der Waals surface area contributed by atoms with Gasteiger partial charge in [-0.2, -0.15) is 0 Å². The van der Waals surface area contributed by atoms with E-state index >= 15 is 0 Å². The van der Waals surface area contributed by atoms with E-state index in [1.807, 2.05) is 0 Å². The fourth-order valence-corrected chi connectivity index (χ4v) is 2.65. The molecule has 3 heterocycles. The molecule has 6 heteroatoms. The first-order chi connectivity index (χ1) is 9.20. The second-order valence-electron chi connectivity index (χ2n) is 4.70. The van der Waals surface area contributed by atoms with Gasteiger partial charge in [-0.3, -0.25) is 0 Å². The van der Waals surface area contributed by atoms with Gasteiger partial charge in [0.15, 0.2) is 5.65 Å². The highest BCUT2D eigenvalue weighted by molar-refractivity contribution is 5.99. The molecule has 0 spiro atoms. The summed E-state index contributed by atoms with van der Waals surface area (Å²) in [5.74, 6) is -0.00120. The number of hydrogen-bond donors (Lipinski definition) is 2. The number of carboxylic acids is 1. The maximum absolute atomic E-state index is 11.2. The SMILES string of the molecule is CCC1OCCC1c1nc2nccc(C(=O)O)c2[nH]1. The van der Waals surface area contributed by atoms with Crippen molar-refractivity contribution in [2.45, 2.75) is 31.8 Å². The van der Waals surface area contributed by atoms with Gasteiger partial charge in [0, 0.05) is 18.7 Å². The molecule has 6 nitrogen and oxygen atoms in total. The summed E-state index contributed by atoms with van der Waals surface area (Å²) in [7, 11) is 0. The lowest BCUT2D eigenvalue weighted by molar-refractivity contribution is 0.0698. The first kappa shape index (κ1) is 12.1. The molecule has 1 saturated heterocycles. The predicted octanol–water partition coefficient (Wildman–Crippen LogP) is 1.94. The molecule has 0 radical (unpaired) electrons. The third-order valence-corrected chi connectivity index (χ3v) is 3.60. The summed E-state index contributed by atoms with van der Waals surface area (Å²) in [6.45, 7) is 2.80. The Kier molecular flexibility index (Phi) is 2.94. The number of imidazole rings is 1. The molecule has 0 saturated carbocycles. The summed E-state index contributed by atoms with van der Waals surface area (Å²) < 4.78 is 5.65. The van der Waals surface area contributed by atoms with Gasteiger partial charge in [-0.05, 0) is 18.9 Å². The lowest BCUT2D eigenvalue weighted by Gasteiger charge is -2.13. The number of nitrogens with one attached hydrogen (secondary N) is 1. The van der Waals surface area contributed by atoms with Crippen molar-refractivity contribution < 1.29 is 14.6 Å². The van der Waals surface area contributed by atoms with Gasteiger partial charge in [0.25, 0.3) is 0 Å². The van der Waals surface area contributed by atoms with Crippen molar-refractivity contribution in [3.8, 4) is 0 Å². The molecule has 2 atom stereocenters. The van der Waals surface area contributed by atoms with E-state index in [0.29, 0.717) is 11.2 Å². The molecular formula is C13H15N3O3. The molecule has 0 bridgehead atoms. The second-order valence-corrected chi connectivity index (χ2v) is 4.70. The maximum atomic E-state index is 11.2. The minimum absolute atomic E-state index is 0.147. The van der Waals surface area contributed by atoms with E-state index in [4.69, 9.17) is 9.84 Å². The van der Waals surface area contributed by atoms with E-state index in [0.717, 1.165) is 25.3 Å². The van der Waals surface area contributed by atoms with E-state index in [9.17, 15) is 4.79 Å². The number of carbonyl (C=O) groups is 1. The van der Waals surface area contributed by atoms with E-state index in [1.165, 1.54) is 12.3 Å². The summed E-state index contributed by atoms with van der Waals surface area (Å²) in [4.78, 5) is 22.8. The lowest BCUT2D eigenvalue weighted by atomic mass is 9.99. The van der Waals surface area contributed by atoms with Gasteiger partial charge >= 0.3 is 5.97 Å². The monoisotopic (exact) mass is 261 g/mol. The molecule has 2 aromatic heterocycles. The normalized spacial score (nSPS) is 23.0. The molecule has 0 aliphatic carbocycles. The third kappa shape index (κ3) is 1.98. The van der Waals surface area contributed by atoms with Crippen LogP contribution >= 0.6 is 0 Å². The molecule has 2 aromatic rings. The Morgan fingerprint density at radius 2 is 2.47 bits per heavy atom. The Balaban J connectivity index is 2.06. The van der Waals surface area contributed by atoms with Gasteiger partial charge in [0.2, 0.25) is 0 Å². The summed E-state index contributed by atoms with van der Waals surface area (Å²) in [6.07, 6.45) is 3.44. The number of nitrogens with zero attached hydrogens (tertiary/aromatic N) is 2. The zero-order chi connectivity index (χ0) is 13.4. The molecule has 2 N–H and O–H groups in total. The Hall–Kier alpha value is -1.95. The summed E-state index contributed by atoms with van der Waals surface area (Å²) in [5.41, 5.74) is 1.15. The highest BCUT2D eigenvalue weighted by Gasteiger charge is 2.31. The highest BCUT2D eigenvalue weighted by atomic mass is 16.5. The van der Waals surface area contributed by atoms with E-state index in [1.54, 1.807) is 0 Å². The van der Waals surface area contributed by atoms with Crippen LogP contribution in [0.15, 0.2) is 12.3 Å². The van der Waals surface area contributed by atoms with Gasteiger partial charge < -0.3 is 14.8 Å². The average molecular weight is 261 g/mol. The summed E-state index contributed by atoms with van der Waals surface area (Å²) in [5, 5.41) is 9.16. The lowest BCUT2D eigenvalue weighted by Crippen LogP contribution is -2.14. The third-order valence-electron chi connectivity index (χ3n) is 3.60. The fraction of sp³-hybridized carbons (Fsp3) is 0.462. The van der Waals surface area contributed by atoms with Crippen molar-refractivity contribution >= 4 is 17.1 Å². The van der Waals surface area contributed by atoms with E-state index in [-0.39, 0.29) is 17.6 Å². The van der Waals surface area contributed by atoms with Gasteiger partial charge in [-0.1, -0.05) is 6.92 Å². The number of ether oxygens (including phenoxy) is 1. The Morgan fingerprint density at radius 1 is 1.63 bits per heavy atom. The molecule has 100 valence electrons. The van der Waals surface area contributed by atoms with Gasteiger partial charge in [0.1, 0.15) is 5.82 Å². The minimum Gasteiger partial charge on any atom is -0.478 e. The van der Waals surface area contributed by atoms with Crippen LogP contribution in [0.2, 0.25) is 0 Å². The number of rotatable bonds is 3.